The first kappa shape index (κ1) is 10.7. The third-order valence-electron chi connectivity index (χ3n) is 1.27. The van der Waals surface area contributed by atoms with E-state index in [0.29, 0.717) is 0 Å². The van der Waals surface area contributed by atoms with E-state index in [9.17, 15) is 13.2 Å². The molecule has 0 saturated heterocycles. The van der Waals surface area contributed by atoms with Crippen molar-refractivity contribution >= 4 is 0 Å². The Kier molecular flexibility index (Phi) is 4.44. The second-order valence-electron chi connectivity index (χ2n) is 2.45. The van der Waals surface area contributed by atoms with E-state index < -0.39 is 18.6 Å². The Bertz CT molecular complexity index is 104. The van der Waals surface area contributed by atoms with Crippen LogP contribution < -0.4 is 5.73 Å². The zero-order valence-corrected chi connectivity index (χ0v) is 6.06. The fourth-order valence-corrected chi connectivity index (χ4v) is 0.656. The first-order valence-electron chi connectivity index (χ1n) is 3.39. The van der Waals surface area contributed by atoms with Gasteiger partial charge in [-0.05, 0) is 12.8 Å². The van der Waals surface area contributed by atoms with Crippen LogP contribution >= 0.6 is 0 Å². The number of halogens is 3. The van der Waals surface area contributed by atoms with E-state index in [2.05, 4.69) is 0 Å². The van der Waals surface area contributed by atoms with Crippen LogP contribution in [0.2, 0.25) is 0 Å². The predicted octanol–water partition coefficient (Wildman–Crippen LogP) is 1.04. The highest BCUT2D eigenvalue weighted by atomic mass is 19.4. The Labute approximate surface area is 63.2 Å². The molecule has 3 N–H and O–H groups in total. The van der Waals surface area contributed by atoms with Gasteiger partial charge in [-0.3, -0.25) is 0 Å². The quantitative estimate of drug-likeness (QED) is 0.663. The summed E-state index contributed by atoms with van der Waals surface area (Å²) in [6.45, 7) is -0.252. The van der Waals surface area contributed by atoms with E-state index in [-0.39, 0.29) is 19.4 Å². The maximum Gasteiger partial charge on any atom is 0.389 e. The molecule has 0 bridgehead atoms. The molecule has 0 saturated carbocycles. The zero-order chi connectivity index (χ0) is 8.91. The van der Waals surface area contributed by atoms with Crippen molar-refractivity contribution < 1.29 is 18.3 Å². The highest BCUT2D eigenvalue weighted by Gasteiger charge is 2.26. The van der Waals surface area contributed by atoms with Crippen molar-refractivity contribution in [1.82, 2.24) is 0 Å². The Morgan fingerprint density at radius 1 is 1.36 bits per heavy atom. The van der Waals surface area contributed by atoms with Gasteiger partial charge in [-0.25, -0.2) is 0 Å². The summed E-state index contributed by atoms with van der Waals surface area (Å²) in [7, 11) is 0. The minimum Gasteiger partial charge on any atom is -0.395 e. The van der Waals surface area contributed by atoms with Crippen LogP contribution in [0.5, 0.6) is 0 Å². The van der Waals surface area contributed by atoms with E-state index in [1.807, 2.05) is 0 Å². The maximum absolute atomic E-state index is 11.5. The van der Waals surface area contributed by atoms with Gasteiger partial charge in [-0.2, -0.15) is 13.2 Å². The molecule has 0 amide bonds. The molecule has 0 radical (unpaired) electrons. The molecule has 11 heavy (non-hydrogen) atoms. The topological polar surface area (TPSA) is 46.2 Å². The lowest BCUT2D eigenvalue weighted by atomic mass is 10.1. The minimum absolute atomic E-state index is 0.00870. The number of nitrogens with two attached hydrogens (primary N) is 1. The maximum atomic E-state index is 11.5. The predicted molar refractivity (Wildman–Crippen MR) is 35.0 cm³/mol. The fourth-order valence-electron chi connectivity index (χ4n) is 0.656. The summed E-state index contributed by atoms with van der Waals surface area (Å²) >= 11 is 0. The van der Waals surface area contributed by atoms with Gasteiger partial charge in [0.2, 0.25) is 0 Å². The Hall–Kier alpha value is -0.290. The van der Waals surface area contributed by atoms with Gasteiger partial charge in [0.05, 0.1) is 6.61 Å². The molecular weight excluding hydrogens is 159 g/mol. The summed E-state index contributed by atoms with van der Waals surface area (Å²) in [4.78, 5) is 0. The molecule has 0 heterocycles. The van der Waals surface area contributed by atoms with Crippen LogP contribution in [0.15, 0.2) is 0 Å². The van der Waals surface area contributed by atoms with Crippen LogP contribution in [0.4, 0.5) is 13.2 Å². The average Bonchev–Trinajstić information content (AvgIpc) is 1.85. The lowest BCUT2D eigenvalue weighted by Crippen LogP contribution is -2.24. The Morgan fingerprint density at radius 2 is 1.91 bits per heavy atom. The van der Waals surface area contributed by atoms with Crippen LogP contribution in [0, 0.1) is 0 Å². The number of hydrogen-bond acceptors (Lipinski definition) is 2. The zero-order valence-electron chi connectivity index (χ0n) is 6.06. The van der Waals surface area contributed by atoms with Crippen molar-refractivity contribution in [3.63, 3.8) is 0 Å². The summed E-state index contributed by atoms with van der Waals surface area (Å²) in [5, 5.41) is 8.36. The molecule has 0 spiro atoms. The van der Waals surface area contributed by atoms with Crippen molar-refractivity contribution in [3.05, 3.63) is 0 Å². The van der Waals surface area contributed by atoms with Crippen LogP contribution in [0.25, 0.3) is 0 Å². The summed E-state index contributed by atoms with van der Waals surface area (Å²) in [6, 6.07) is -0.516. The highest BCUT2D eigenvalue weighted by molar-refractivity contribution is 4.60. The summed E-state index contributed by atoms with van der Waals surface area (Å²) in [6.07, 6.45) is -4.71. The average molecular weight is 171 g/mol. The van der Waals surface area contributed by atoms with Crippen LogP contribution in [0.1, 0.15) is 19.3 Å². The third-order valence-corrected chi connectivity index (χ3v) is 1.27. The van der Waals surface area contributed by atoms with E-state index in [0.717, 1.165) is 0 Å². The largest absolute Gasteiger partial charge is 0.395 e. The van der Waals surface area contributed by atoms with Gasteiger partial charge in [-0.15, -0.1) is 0 Å². The molecular formula is C6H12F3NO. The molecule has 2 nitrogen and oxygen atoms in total. The first-order valence-corrected chi connectivity index (χ1v) is 3.39. The van der Waals surface area contributed by atoms with Gasteiger partial charge in [0, 0.05) is 12.5 Å². The number of rotatable bonds is 4. The second kappa shape index (κ2) is 4.56. The van der Waals surface area contributed by atoms with Gasteiger partial charge >= 0.3 is 6.18 Å². The van der Waals surface area contributed by atoms with Gasteiger partial charge in [-0.1, -0.05) is 0 Å². The molecule has 0 aliphatic carbocycles. The molecule has 5 heteroatoms. The van der Waals surface area contributed by atoms with E-state index in [1.165, 1.54) is 0 Å². The SMILES string of the molecule is NC(CO)CCCC(F)(F)F. The minimum atomic E-state index is -4.10. The Balaban J connectivity index is 3.28. The number of aliphatic hydroxyl groups excluding tert-OH is 1. The lowest BCUT2D eigenvalue weighted by molar-refractivity contribution is -0.135. The van der Waals surface area contributed by atoms with Gasteiger partial charge < -0.3 is 10.8 Å². The van der Waals surface area contributed by atoms with Crippen molar-refractivity contribution in [2.75, 3.05) is 6.61 Å². The third kappa shape index (κ3) is 7.61. The second-order valence-corrected chi connectivity index (χ2v) is 2.45. The van der Waals surface area contributed by atoms with E-state index in [4.69, 9.17) is 10.8 Å². The molecule has 0 aromatic carbocycles. The van der Waals surface area contributed by atoms with Gasteiger partial charge in [0.1, 0.15) is 0 Å². The number of hydrogen-bond donors (Lipinski definition) is 2. The van der Waals surface area contributed by atoms with E-state index >= 15 is 0 Å². The van der Waals surface area contributed by atoms with Crippen LogP contribution in [-0.2, 0) is 0 Å². The van der Waals surface area contributed by atoms with Crippen LogP contribution in [0.3, 0.4) is 0 Å². The fraction of sp³-hybridized carbons (Fsp3) is 1.00. The molecule has 1 atom stereocenters. The van der Waals surface area contributed by atoms with Crippen LogP contribution in [-0.4, -0.2) is 23.9 Å². The standard InChI is InChI=1S/C6H12F3NO/c7-6(8,9)3-1-2-5(10)4-11/h5,11H,1-4,10H2. The van der Waals surface area contributed by atoms with Crippen molar-refractivity contribution in [2.45, 2.75) is 31.5 Å². The van der Waals surface area contributed by atoms with Gasteiger partial charge in [0.25, 0.3) is 0 Å². The molecule has 0 fully saturated rings. The molecule has 68 valence electrons. The molecule has 0 rings (SSSR count). The van der Waals surface area contributed by atoms with Crippen molar-refractivity contribution in [1.29, 1.82) is 0 Å². The summed E-state index contributed by atoms with van der Waals surface area (Å²) < 4.78 is 34.5. The van der Waals surface area contributed by atoms with Gasteiger partial charge in [0.15, 0.2) is 0 Å². The monoisotopic (exact) mass is 171 g/mol. The molecule has 0 aliphatic heterocycles. The normalized spacial score (nSPS) is 15.0. The lowest BCUT2D eigenvalue weighted by Gasteiger charge is -2.08. The smallest absolute Gasteiger partial charge is 0.389 e. The summed E-state index contributed by atoms with van der Waals surface area (Å²) in [5.41, 5.74) is 5.18. The summed E-state index contributed by atoms with van der Waals surface area (Å²) in [5.74, 6) is 0. The number of alkyl halides is 3. The Morgan fingerprint density at radius 3 is 2.27 bits per heavy atom. The molecule has 0 aromatic heterocycles. The number of aliphatic hydroxyl groups is 1. The molecule has 0 aromatic rings. The molecule has 0 aliphatic rings. The highest BCUT2D eigenvalue weighted by Crippen LogP contribution is 2.22. The van der Waals surface area contributed by atoms with E-state index in [1.54, 1.807) is 0 Å². The van der Waals surface area contributed by atoms with Crippen molar-refractivity contribution in [3.8, 4) is 0 Å². The molecule has 1 unspecified atom stereocenters. The van der Waals surface area contributed by atoms with Crippen molar-refractivity contribution in [2.24, 2.45) is 5.73 Å². The first-order chi connectivity index (χ1) is 4.95.